The summed E-state index contributed by atoms with van der Waals surface area (Å²) in [6.45, 7) is 1.82. The quantitative estimate of drug-likeness (QED) is 0.628. The number of rotatable bonds is 5. The summed E-state index contributed by atoms with van der Waals surface area (Å²) in [6, 6.07) is 15.1. The topological polar surface area (TPSA) is 50.7 Å². The molecular weight excluding hydrogens is 356 g/mol. The molecule has 0 heterocycles. The van der Waals surface area contributed by atoms with Gasteiger partial charge in [-0.1, -0.05) is 52.3 Å². The summed E-state index contributed by atoms with van der Waals surface area (Å²) in [5.74, 6) is 0.175. The number of benzene rings is 2. The standard InChI is InChI=1S/C18H17BrN2O2/c1-13(8-9-14-6-4-3-5-7-14)20-21-18(22)16-12-15(19)10-11-17(16)23-2/h3-12H,1-2H3,(H,21,22)/b9-8+,20-13-. The Morgan fingerprint density at radius 3 is 2.65 bits per heavy atom. The van der Waals surface area contributed by atoms with E-state index in [1.165, 1.54) is 7.11 Å². The Hall–Kier alpha value is -2.40. The van der Waals surface area contributed by atoms with Crippen LogP contribution in [-0.4, -0.2) is 18.7 Å². The van der Waals surface area contributed by atoms with Crippen LogP contribution in [0.4, 0.5) is 0 Å². The first-order valence-corrected chi connectivity index (χ1v) is 7.81. The van der Waals surface area contributed by atoms with E-state index in [1.807, 2.05) is 55.5 Å². The lowest BCUT2D eigenvalue weighted by atomic mass is 10.2. The molecule has 0 radical (unpaired) electrons. The number of halogens is 1. The van der Waals surface area contributed by atoms with Crippen molar-refractivity contribution >= 4 is 33.6 Å². The fraction of sp³-hybridized carbons (Fsp3) is 0.111. The monoisotopic (exact) mass is 372 g/mol. The number of nitrogens with one attached hydrogen (secondary N) is 1. The molecule has 0 fully saturated rings. The average molecular weight is 373 g/mol. The van der Waals surface area contributed by atoms with E-state index in [9.17, 15) is 4.79 Å². The number of nitrogens with zero attached hydrogens (tertiary/aromatic N) is 1. The van der Waals surface area contributed by atoms with E-state index in [2.05, 4.69) is 26.5 Å². The Morgan fingerprint density at radius 1 is 1.22 bits per heavy atom. The van der Waals surface area contributed by atoms with Crippen LogP contribution in [0.5, 0.6) is 5.75 Å². The lowest BCUT2D eigenvalue weighted by Crippen LogP contribution is -2.19. The summed E-state index contributed by atoms with van der Waals surface area (Å²) < 4.78 is 5.99. The number of hydrogen-bond acceptors (Lipinski definition) is 3. The lowest BCUT2D eigenvalue weighted by Gasteiger charge is -2.07. The molecule has 0 saturated carbocycles. The van der Waals surface area contributed by atoms with Crippen LogP contribution in [0.3, 0.4) is 0 Å². The smallest absolute Gasteiger partial charge is 0.275 e. The Balaban J connectivity index is 2.06. The molecule has 0 saturated heterocycles. The van der Waals surface area contributed by atoms with Crippen LogP contribution in [0.25, 0.3) is 6.08 Å². The van der Waals surface area contributed by atoms with Crippen molar-refractivity contribution in [3.05, 3.63) is 70.2 Å². The maximum atomic E-state index is 12.2. The van der Waals surface area contributed by atoms with Crippen molar-refractivity contribution in [2.24, 2.45) is 5.10 Å². The van der Waals surface area contributed by atoms with Gasteiger partial charge in [0.2, 0.25) is 0 Å². The van der Waals surface area contributed by atoms with E-state index in [-0.39, 0.29) is 5.91 Å². The van der Waals surface area contributed by atoms with Gasteiger partial charge in [0, 0.05) is 4.47 Å². The third kappa shape index (κ3) is 5.07. The van der Waals surface area contributed by atoms with Crippen molar-refractivity contribution in [1.29, 1.82) is 0 Å². The van der Waals surface area contributed by atoms with Crippen molar-refractivity contribution < 1.29 is 9.53 Å². The molecule has 1 amide bonds. The minimum absolute atomic E-state index is 0.324. The first-order valence-electron chi connectivity index (χ1n) is 7.01. The van der Waals surface area contributed by atoms with Gasteiger partial charge in [-0.3, -0.25) is 4.79 Å². The second-order valence-corrected chi connectivity index (χ2v) is 5.70. The van der Waals surface area contributed by atoms with E-state index < -0.39 is 0 Å². The van der Waals surface area contributed by atoms with Crippen molar-refractivity contribution in [3.63, 3.8) is 0 Å². The maximum absolute atomic E-state index is 12.2. The van der Waals surface area contributed by atoms with E-state index in [1.54, 1.807) is 12.1 Å². The van der Waals surface area contributed by atoms with Crippen LogP contribution in [0.15, 0.2) is 64.2 Å². The van der Waals surface area contributed by atoms with Crippen LogP contribution in [0.2, 0.25) is 0 Å². The normalized spacial score (nSPS) is 11.5. The number of hydrogen-bond donors (Lipinski definition) is 1. The summed E-state index contributed by atoms with van der Waals surface area (Å²) in [5.41, 5.74) is 4.72. The van der Waals surface area contributed by atoms with Crippen molar-refractivity contribution in [3.8, 4) is 5.75 Å². The number of methoxy groups -OCH3 is 1. The number of carbonyl (C=O) groups excluding carboxylic acids is 1. The first-order chi connectivity index (χ1) is 11.1. The van der Waals surface area contributed by atoms with Gasteiger partial charge < -0.3 is 4.74 Å². The highest BCUT2D eigenvalue weighted by Gasteiger charge is 2.12. The van der Waals surface area contributed by atoms with E-state index in [4.69, 9.17) is 4.74 Å². The Kier molecular flexibility index (Phi) is 6.11. The van der Waals surface area contributed by atoms with Crippen LogP contribution >= 0.6 is 15.9 Å². The zero-order chi connectivity index (χ0) is 16.7. The van der Waals surface area contributed by atoms with Gasteiger partial charge in [-0.05, 0) is 36.8 Å². The molecule has 2 aromatic carbocycles. The molecule has 2 aromatic rings. The minimum atomic E-state index is -0.324. The lowest BCUT2D eigenvalue weighted by molar-refractivity contribution is 0.0951. The second-order valence-electron chi connectivity index (χ2n) is 4.78. The third-order valence-electron chi connectivity index (χ3n) is 3.06. The minimum Gasteiger partial charge on any atom is -0.496 e. The third-order valence-corrected chi connectivity index (χ3v) is 3.55. The summed E-state index contributed by atoms with van der Waals surface area (Å²) >= 11 is 3.34. The molecule has 118 valence electrons. The average Bonchev–Trinajstić information content (AvgIpc) is 2.58. The van der Waals surface area contributed by atoms with E-state index in [0.29, 0.717) is 17.0 Å². The fourth-order valence-corrected chi connectivity index (χ4v) is 2.24. The summed E-state index contributed by atoms with van der Waals surface area (Å²) in [4.78, 5) is 12.2. The summed E-state index contributed by atoms with van der Waals surface area (Å²) in [7, 11) is 1.52. The Labute approximate surface area is 144 Å². The molecule has 0 unspecified atom stereocenters. The number of allylic oxidation sites excluding steroid dienone is 1. The number of hydrazone groups is 1. The molecule has 0 aromatic heterocycles. The predicted molar refractivity (Wildman–Crippen MR) is 96.7 cm³/mol. The SMILES string of the molecule is COc1ccc(Br)cc1C(=O)N/N=C(C)\C=C\c1ccccc1. The molecule has 0 aliphatic heterocycles. The van der Waals surface area contributed by atoms with Gasteiger partial charge in [0.1, 0.15) is 5.75 Å². The van der Waals surface area contributed by atoms with E-state index in [0.717, 1.165) is 10.0 Å². The second kappa shape index (κ2) is 8.29. The molecule has 5 heteroatoms. The number of amides is 1. The largest absolute Gasteiger partial charge is 0.496 e. The van der Waals surface area contributed by atoms with Gasteiger partial charge in [0.15, 0.2) is 0 Å². The van der Waals surface area contributed by atoms with Crippen LogP contribution in [-0.2, 0) is 0 Å². The van der Waals surface area contributed by atoms with Gasteiger partial charge in [0.05, 0.1) is 18.4 Å². The summed E-state index contributed by atoms with van der Waals surface area (Å²) in [6.07, 6.45) is 3.78. The Morgan fingerprint density at radius 2 is 1.96 bits per heavy atom. The predicted octanol–water partition coefficient (Wildman–Crippen LogP) is 4.28. The molecule has 23 heavy (non-hydrogen) atoms. The molecule has 0 bridgehead atoms. The van der Waals surface area contributed by atoms with Crippen molar-refractivity contribution in [2.75, 3.05) is 7.11 Å². The summed E-state index contributed by atoms with van der Waals surface area (Å²) in [5, 5.41) is 4.08. The molecule has 4 nitrogen and oxygen atoms in total. The zero-order valence-electron chi connectivity index (χ0n) is 12.9. The van der Waals surface area contributed by atoms with E-state index >= 15 is 0 Å². The van der Waals surface area contributed by atoms with Crippen LogP contribution < -0.4 is 10.2 Å². The highest BCUT2D eigenvalue weighted by molar-refractivity contribution is 9.10. The zero-order valence-corrected chi connectivity index (χ0v) is 14.5. The maximum Gasteiger partial charge on any atom is 0.275 e. The van der Waals surface area contributed by atoms with Gasteiger partial charge in [-0.15, -0.1) is 0 Å². The molecular formula is C18H17BrN2O2. The molecule has 0 spiro atoms. The molecule has 2 rings (SSSR count). The highest BCUT2D eigenvalue weighted by atomic mass is 79.9. The molecule has 1 N–H and O–H groups in total. The molecule has 0 atom stereocenters. The number of carbonyl (C=O) groups is 1. The van der Waals surface area contributed by atoms with Crippen LogP contribution in [0.1, 0.15) is 22.8 Å². The number of ether oxygens (including phenoxy) is 1. The van der Waals surface area contributed by atoms with Crippen molar-refractivity contribution in [1.82, 2.24) is 5.43 Å². The molecule has 0 aliphatic carbocycles. The van der Waals surface area contributed by atoms with Gasteiger partial charge in [0.25, 0.3) is 5.91 Å². The highest BCUT2D eigenvalue weighted by Crippen LogP contribution is 2.22. The fourth-order valence-electron chi connectivity index (χ4n) is 1.88. The molecule has 0 aliphatic rings. The Bertz CT molecular complexity index is 740. The van der Waals surface area contributed by atoms with Gasteiger partial charge in [-0.2, -0.15) is 5.10 Å². The van der Waals surface area contributed by atoms with Crippen LogP contribution in [0, 0.1) is 0 Å². The van der Waals surface area contributed by atoms with Gasteiger partial charge in [-0.25, -0.2) is 5.43 Å². The first kappa shape index (κ1) is 17.0. The van der Waals surface area contributed by atoms with Crippen molar-refractivity contribution in [2.45, 2.75) is 6.92 Å². The van der Waals surface area contributed by atoms with Gasteiger partial charge >= 0.3 is 0 Å².